The molecule has 0 saturated heterocycles. The summed E-state index contributed by atoms with van der Waals surface area (Å²) in [6.45, 7) is 14.6. The molecule has 0 radical (unpaired) electrons. The first-order valence-corrected chi connectivity index (χ1v) is 15.9. The molecule has 0 saturated carbocycles. The van der Waals surface area contributed by atoms with Crippen molar-refractivity contribution < 1.29 is 0 Å². The number of anilines is 1. The lowest BCUT2D eigenvalue weighted by Gasteiger charge is -2.41. The Bertz CT molecular complexity index is 803. The Morgan fingerprint density at radius 3 is 2.29 bits per heavy atom. The maximum absolute atomic E-state index is 4.01. The minimum atomic E-state index is -1.64. The van der Waals surface area contributed by atoms with E-state index in [-0.39, 0.29) is 0 Å². The van der Waals surface area contributed by atoms with Gasteiger partial charge in [0.15, 0.2) is 0 Å². The monoisotopic (exact) mass is 351 g/mol. The van der Waals surface area contributed by atoms with E-state index >= 15 is 0 Å². The van der Waals surface area contributed by atoms with Gasteiger partial charge in [-0.05, 0) is 43.0 Å². The molecule has 0 unspecified atom stereocenters. The van der Waals surface area contributed by atoms with Crippen molar-refractivity contribution in [3.63, 3.8) is 0 Å². The molecule has 0 amide bonds. The Hall–Kier alpha value is -1.59. The van der Waals surface area contributed by atoms with E-state index in [1.165, 1.54) is 22.4 Å². The molecule has 1 N–H and O–H groups in total. The van der Waals surface area contributed by atoms with Crippen molar-refractivity contribution in [1.82, 2.24) is 0 Å². The van der Waals surface area contributed by atoms with Gasteiger partial charge in [-0.3, -0.25) is 0 Å². The Balaban J connectivity index is 1.99. The minimum Gasteiger partial charge on any atom is -0.412 e. The molecule has 0 aromatic heterocycles. The lowest BCUT2D eigenvalue weighted by Crippen LogP contribution is -2.68. The first-order valence-electron chi connectivity index (χ1n) is 8.86. The minimum absolute atomic E-state index is 1.14. The van der Waals surface area contributed by atoms with E-state index in [1.54, 1.807) is 10.8 Å². The van der Waals surface area contributed by atoms with Gasteiger partial charge >= 0.3 is 0 Å². The standard InChI is InChI=1S/C21H29NSi2/c1-16-14-18-11-9-13-21(19(18)15-16)23(3,4)24(5,6)22-20-12-8-7-10-17(20)2/h7-14,22H,15H2,1-6H3. The van der Waals surface area contributed by atoms with Gasteiger partial charge in [-0.1, -0.05) is 79.4 Å². The molecule has 2 aromatic rings. The first-order chi connectivity index (χ1) is 11.2. The van der Waals surface area contributed by atoms with Gasteiger partial charge in [-0.15, -0.1) is 0 Å². The van der Waals surface area contributed by atoms with Crippen LogP contribution in [0.5, 0.6) is 0 Å². The van der Waals surface area contributed by atoms with Gasteiger partial charge in [0.1, 0.15) is 7.75 Å². The lowest BCUT2D eigenvalue weighted by molar-refractivity contribution is 1.21. The largest absolute Gasteiger partial charge is 0.412 e. The van der Waals surface area contributed by atoms with Gasteiger partial charge in [-0.25, -0.2) is 0 Å². The molecule has 1 aliphatic carbocycles. The van der Waals surface area contributed by atoms with Crippen LogP contribution in [-0.2, 0) is 6.42 Å². The number of nitrogens with one attached hydrogen (secondary N) is 1. The Morgan fingerprint density at radius 1 is 0.875 bits per heavy atom. The second-order valence-corrected chi connectivity index (χ2v) is 23.0. The molecule has 3 heteroatoms. The summed E-state index contributed by atoms with van der Waals surface area (Å²) in [7, 11) is -3.25. The highest BCUT2D eigenvalue weighted by molar-refractivity contribution is 7.46. The van der Waals surface area contributed by atoms with Crippen molar-refractivity contribution in [2.24, 2.45) is 0 Å². The smallest absolute Gasteiger partial charge is 0.141 e. The van der Waals surface area contributed by atoms with Crippen LogP contribution in [0.25, 0.3) is 6.08 Å². The summed E-state index contributed by atoms with van der Waals surface area (Å²) in [5.41, 5.74) is 7.20. The van der Waals surface area contributed by atoms with Crippen LogP contribution >= 0.6 is 0 Å². The highest BCUT2D eigenvalue weighted by Gasteiger charge is 2.44. The predicted molar refractivity (Wildman–Crippen MR) is 113 cm³/mol. The highest BCUT2D eigenvalue weighted by Crippen LogP contribution is 2.29. The summed E-state index contributed by atoms with van der Waals surface area (Å²) in [4.78, 5) is 4.01. The van der Waals surface area contributed by atoms with Gasteiger partial charge < -0.3 is 4.98 Å². The highest BCUT2D eigenvalue weighted by atomic mass is 29.3. The van der Waals surface area contributed by atoms with Gasteiger partial charge in [0.05, 0.1) is 7.59 Å². The number of fused-ring (bicyclic) bond motifs is 1. The van der Waals surface area contributed by atoms with Gasteiger partial charge in [0.2, 0.25) is 0 Å². The number of hydrogen-bond acceptors (Lipinski definition) is 1. The second-order valence-electron chi connectivity index (χ2n) is 8.23. The topological polar surface area (TPSA) is 12.0 Å². The molecule has 126 valence electrons. The third-order valence-electron chi connectivity index (χ3n) is 5.90. The van der Waals surface area contributed by atoms with Crippen LogP contribution in [-0.4, -0.2) is 15.3 Å². The van der Waals surface area contributed by atoms with Gasteiger partial charge in [0, 0.05) is 5.69 Å². The molecular weight excluding hydrogens is 322 g/mol. The zero-order chi connectivity index (χ0) is 17.5. The van der Waals surface area contributed by atoms with Crippen LogP contribution in [0.1, 0.15) is 23.6 Å². The molecule has 1 aliphatic rings. The number of allylic oxidation sites excluding steroid dienone is 1. The molecule has 3 rings (SSSR count). The van der Waals surface area contributed by atoms with Crippen LogP contribution in [0.15, 0.2) is 48.0 Å². The Morgan fingerprint density at radius 2 is 1.58 bits per heavy atom. The maximum atomic E-state index is 4.01. The summed E-state index contributed by atoms with van der Waals surface area (Å²) in [6.07, 6.45) is 3.50. The van der Waals surface area contributed by atoms with Crippen molar-refractivity contribution in [3.05, 3.63) is 64.7 Å². The summed E-state index contributed by atoms with van der Waals surface area (Å²) in [6, 6.07) is 15.6. The van der Waals surface area contributed by atoms with Crippen LogP contribution in [0.2, 0.25) is 26.2 Å². The molecular formula is C21H29NSi2. The number of aryl methyl sites for hydroxylation is 1. The summed E-state index contributed by atoms with van der Waals surface area (Å²) in [5, 5.41) is 1.66. The number of para-hydroxylation sites is 1. The quantitative estimate of drug-likeness (QED) is 0.740. The third kappa shape index (κ3) is 2.91. The molecule has 2 aromatic carbocycles. The third-order valence-corrected chi connectivity index (χ3v) is 22.3. The fourth-order valence-electron chi connectivity index (χ4n) is 3.66. The summed E-state index contributed by atoms with van der Waals surface area (Å²) < 4.78 is 0. The average molecular weight is 352 g/mol. The van der Waals surface area contributed by atoms with Crippen LogP contribution < -0.4 is 10.2 Å². The fraction of sp³-hybridized carbons (Fsp3) is 0.333. The van der Waals surface area contributed by atoms with Gasteiger partial charge in [0.25, 0.3) is 0 Å². The average Bonchev–Trinajstić information content (AvgIpc) is 2.89. The van der Waals surface area contributed by atoms with E-state index in [0.717, 1.165) is 6.42 Å². The van der Waals surface area contributed by atoms with Crippen molar-refractivity contribution in [1.29, 1.82) is 0 Å². The second kappa shape index (κ2) is 6.05. The van der Waals surface area contributed by atoms with E-state index in [1.807, 2.05) is 0 Å². The zero-order valence-electron chi connectivity index (χ0n) is 15.8. The van der Waals surface area contributed by atoms with E-state index in [0.29, 0.717) is 0 Å². The maximum Gasteiger partial charge on any atom is 0.141 e. The van der Waals surface area contributed by atoms with E-state index < -0.39 is 15.3 Å². The Kier molecular flexibility index (Phi) is 4.34. The number of hydrogen-bond donors (Lipinski definition) is 1. The number of rotatable bonds is 4. The van der Waals surface area contributed by atoms with Crippen molar-refractivity contribution >= 4 is 32.3 Å². The molecule has 0 fully saturated rings. The number of benzene rings is 2. The zero-order valence-corrected chi connectivity index (χ0v) is 17.8. The van der Waals surface area contributed by atoms with Crippen LogP contribution in [0, 0.1) is 6.92 Å². The van der Waals surface area contributed by atoms with Crippen molar-refractivity contribution in [2.75, 3.05) is 4.98 Å². The summed E-state index contributed by atoms with van der Waals surface area (Å²) >= 11 is 0. The van der Waals surface area contributed by atoms with Crippen molar-refractivity contribution in [2.45, 2.75) is 46.5 Å². The van der Waals surface area contributed by atoms with Crippen molar-refractivity contribution in [3.8, 4) is 0 Å². The molecule has 1 nitrogen and oxygen atoms in total. The van der Waals surface area contributed by atoms with Crippen LogP contribution in [0.3, 0.4) is 0 Å². The van der Waals surface area contributed by atoms with E-state index in [2.05, 4.69) is 93.6 Å². The first kappa shape index (κ1) is 17.2. The van der Waals surface area contributed by atoms with Crippen LogP contribution in [0.4, 0.5) is 5.69 Å². The van der Waals surface area contributed by atoms with E-state index in [4.69, 9.17) is 0 Å². The Labute approximate surface area is 148 Å². The molecule has 0 bridgehead atoms. The normalized spacial score (nSPS) is 14.3. The molecule has 0 heterocycles. The van der Waals surface area contributed by atoms with Gasteiger partial charge in [-0.2, -0.15) is 0 Å². The molecule has 0 aliphatic heterocycles. The SMILES string of the molecule is CC1=Cc2cccc([Si](C)(C)[Si](C)(C)Nc3ccccc3C)c2C1. The predicted octanol–water partition coefficient (Wildman–Crippen LogP) is 5.27. The molecule has 0 spiro atoms. The molecule has 0 atom stereocenters. The molecule has 24 heavy (non-hydrogen) atoms. The lowest BCUT2D eigenvalue weighted by atomic mass is 10.1. The van der Waals surface area contributed by atoms with E-state index in [9.17, 15) is 0 Å². The fourth-order valence-corrected chi connectivity index (χ4v) is 11.2. The summed E-state index contributed by atoms with van der Waals surface area (Å²) in [5.74, 6) is 0.